The Morgan fingerprint density at radius 2 is 1.88 bits per heavy atom. The first kappa shape index (κ1) is 11.9. The maximum Gasteiger partial charge on any atom is 0.345 e. The Morgan fingerprint density at radius 1 is 1.18 bits per heavy atom. The predicted octanol–water partition coefficient (Wildman–Crippen LogP) is 3.85. The monoisotopic (exact) mass is 246 g/mol. The molecule has 2 aromatic rings. The third kappa shape index (κ3) is 1.87. The standard InChI is InChI=1S/C13H10O2S.CH4/c14-13(15)11-7-9-6-5-8-3-1-2-4-10(8)12(9)16-11;/h1-4,7H,5-6H2,(H,14,15);1H4. The van der Waals surface area contributed by atoms with Gasteiger partial charge in [-0.3, -0.25) is 0 Å². The molecule has 17 heavy (non-hydrogen) atoms. The van der Waals surface area contributed by atoms with E-state index in [1.165, 1.54) is 28.0 Å². The molecule has 1 heterocycles. The maximum absolute atomic E-state index is 10.9. The van der Waals surface area contributed by atoms with Crippen molar-refractivity contribution < 1.29 is 9.90 Å². The van der Waals surface area contributed by atoms with Crippen LogP contribution in [0.3, 0.4) is 0 Å². The van der Waals surface area contributed by atoms with E-state index in [0.717, 1.165) is 17.7 Å². The Hall–Kier alpha value is -1.61. The minimum atomic E-state index is -0.822. The zero-order chi connectivity index (χ0) is 11.1. The average Bonchev–Trinajstić information content (AvgIpc) is 2.73. The van der Waals surface area contributed by atoms with Crippen LogP contribution in [0.25, 0.3) is 10.4 Å². The van der Waals surface area contributed by atoms with Crippen LogP contribution in [0.5, 0.6) is 0 Å². The van der Waals surface area contributed by atoms with Crippen molar-refractivity contribution in [2.45, 2.75) is 20.3 Å². The van der Waals surface area contributed by atoms with Gasteiger partial charge in [-0.25, -0.2) is 4.79 Å². The van der Waals surface area contributed by atoms with E-state index in [-0.39, 0.29) is 7.43 Å². The van der Waals surface area contributed by atoms with Crippen molar-refractivity contribution in [2.24, 2.45) is 0 Å². The Morgan fingerprint density at radius 3 is 2.65 bits per heavy atom. The van der Waals surface area contributed by atoms with Crippen molar-refractivity contribution in [1.82, 2.24) is 0 Å². The van der Waals surface area contributed by atoms with Gasteiger partial charge in [-0.15, -0.1) is 11.3 Å². The van der Waals surface area contributed by atoms with E-state index in [1.54, 1.807) is 0 Å². The maximum atomic E-state index is 10.9. The molecule has 0 aliphatic heterocycles. The lowest BCUT2D eigenvalue weighted by atomic mass is 9.91. The van der Waals surface area contributed by atoms with Crippen LogP contribution >= 0.6 is 11.3 Å². The summed E-state index contributed by atoms with van der Waals surface area (Å²) in [6.45, 7) is 0. The second kappa shape index (κ2) is 4.34. The fourth-order valence-corrected chi connectivity index (χ4v) is 3.29. The molecule has 3 heteroatoms. The third-order valence-corrected chi connectivity index (χ3v) is 4.14. The molecule has 88 valence electrons. The zero-order valence-corrected chi connectivity index (χ0v) is 9.38. The Kier molecular flexibility index (Phi) is 3.03. The molecule has 3 rings (SSSR count). The number of rotatable bonds is 1. The molecule has 0 saturated carbocycles. The number of hydrogen-bond donors (Lipinski definition) is 1. The summed E-state index contributed by atoms with van der Waals surface area (Å²) in [5.74, 6) is -0.822. The number of carbonyl (C=O) groups is 1. The first-order valence-electron chi connectivity index (χ1n) is 5.20. The molecule has 1 aromatic heterocycles. The summed E-state index contributed by atoms with van der Waals surface area (Å²) in [6.07, 6.45) is 1.97. The molecule has 0 amide bonds. The number of aromatic carboxylic acids is 1. The van der Waals surface area contributed by atoms with Crippen molar-refractivity contribution in [3.05, 3.63) is 46.3 Å². The highest BCUT2D eigenvalue weighted by atomic mass is 32.1. The van der Waals surface area contributed by atoms with Gasteiger partial charge in [-0.2, -0.15) is 0 Å². The van der Waals surface area contributed by atoms with Gasteiger partial charge in [0.15, 0.2) is 0 Å². The van der Waals surface area contributed by atoms with Crippen molar-refractivity contribution in [3.8, 4) is 10.4 Å². The zero-order valence-electron chi connectivity index (χ0n) is 8.56. The Balaban J connectivity index is 0.00000108. The summed E-state index contributed by atoms with van der Waals surface area (Å²) in [6, 6.07) is 10.1. The second-order valence-corrected chi connectivity index (χ2v) is 4.98. The first-order chi connectivity index (χ1) is 7.75. The minimum absolute atomic E-state index is 0. The van der Waals surface area contributed by atoms with Crippen LogP contribution in [0.15, 0.2) is 30.3 Å². The van der Waals surface area contributed by atoms with Gasteiger partial charge in [0.1, 0.15) is 4.88 Å². The number of carboxylic acid groups (broad SMARTS) is 1. The predicted molar refractivity (Wildman–Crippen MR) is 70.9 cm³/mol. The quantitative estimate of drug-likeness (QED) is 0.829. The van der Waals surface area contributed by atoms with Crippen LogP contribution in [-0.2, 0) is 12.8 Å². The molecule has 0 radical (unpaired) electrons. The molecule has 1 N–H and O–H groups in total. The summed E-state index contributed by atoms with van der Waals surface area (Å²) in [7, 11) is 0. The molecular weight excluding hydrogens is 232 g/mol. The third-order valence-electron chi connectivity index (χ3n) is 2.95. The van der Waals surface area contributed by atoms with Crippen molar-refractivity contribution >= 4 is 17.3 Å². The van der Waals surface area contributed by atoms with Crippen molar-refractivity contribution in [2.75, 3.05) is 0 Å². The van der Waals surface area contributed by atoms with Gasteiger partial charge < -0.3 is 5.11 Å². The average molecular weight is 246 g/mol. The molecule has 1 aliphatic carbocycles. The van der Waals surface area contributed by atoms with Gasteiger partial charge in [-0.1, -0.05) is 31.7 Å². The van der Waals surface area contributed by atoms with Crippen LogP contribution in [0.1, 0.15) is 28.2 Å². The topological polar surface area (TPSA) is 37.3 Å². The molecule has 0 unspecified atom stereocenters. The normalized spacial score (nSPS) is 12.2. The molecule has 1 aromatic carbocycles. The van der Waals surface area contributed by atoms with Gasteiger partial charge in [0.2, 0.25) is 0 Å². The lowest BCUT2D eigenvalue weighted by Crippen LogP contribution is -2.00. The summed E-state index contributed by atoms with van der Waals surface area (Å²) >= 11 is 1.39. The second-order valence-electron chi connectivity index (χ2n) is 3.93. The van der Waals surface area contributed by atoms with E-state index in [0.29, 0.717) is 4.88 Å². The molecule has 1 aliphatic rings. The molecule has 0 atom stereocenters. The summed E-state index contributed by atoms with van der Waals surface area (Å²) in [4.78, 5) is 12.5. The van der Waals surface area contributed by atoms with Gasteiger partial charge in [0.05, 0.1) is 0 Å². The number of thiophene rings is 1. The smallest absolute Gasteiger partial charge is 0.345 e. The van der Waals surface area contributed by atoms with E-state index in [4.69, 9.17) is 5.11 Å². The van der Waals surface area contributed by atoms with Crippen LogP contribution < -0.4 is 0 Å². The largest absolute Gasteiger partial charge is 0.477 e. The highest BCUT2D eigenvalue weighted by Gasteiger charge is 2.20. The molecule has 0 fully saturated rings. The molecule has 2 nitrogen and oxygen atoms in total. The highest BCUT2D eigenvalue weighted by Crippen LogP contribution is 2.39. The lowest BCUT2D eigenvalue weighted by molar-refractivity contribution is 0.0702. The summed E-state index contributed by atoms with van der Waals surface area (Å²) < 4.78 is 0. The number of hydrogen-bond acceptors (Lipinski definition) is 2. The van der Waals surface area contributed by atoms with Crippen molar-refractivity contribution in [3.63, 3.8) is 0 Å². The molecule has 0 saturated heterocycles. The van der Waals surface area contributed by atoms with Crippen LogP contribution in [0.4, 0.5) is 0 Å². The molecule has 0 bridgehead atoms. The fraction of sp³-hybridized carbons (Fsp3) is 0.214. The number of carboxylic acids is 1. The van der Waals surface area contributed by atoms with E-state index in [9.17, 15) is 4.79 Å². The van der Waals surface area contributed by atoms with Crippen LogP contribution in [-0.4, -0.2) is 11.1 Å². The summed E-state index contributed by atoms with van der Waals surface area (Å²) in [5, 5.41) is 8.99. The van der Waals surface area contributed by atoms with Gasteiger partial charge in [0, 0.05) is 4.88 Å². The highest BCUT2D eigenvalue weighted by molar-refractivity contribution is 7.17. The fourth-order valence-electron chi connectivity index (χ4n) is 2.18. The van der Waals surface area contributed by atoms with Gasteiger partial charge >= 0.3 is 5.97 Å². The number of aryl methyl sites for hydroxylation is 2. The van der Waals surface area contributed by atoms with Crippen LogP contribution in [0.2, 0.25) is 0 Å². The first-order valence-corrected chi connectivity index (χ1v) is 6.01. The molecular formula is C14H14O2S. The Labute approximate surface area is 105 Å². The molecule has 0 spiro atoms. The number of fused-ring (bicyclic) bond motifs is 3. The van der Waals surface area contributed by atoms with Crippen LogP contribution in [0, 0.1) is 0 Å². The lowest BCUT2D eigenvalue weighted by Gasteiger charge is -2.15. The Bertz CT molecular complexity index is 569. The van der Waals surface area contributed by atoms with E-state index in [1.807, 2.05) is 18.2 Å². The van der Waals surface area contributed by atoms with E-state index >= 15 is 0 Å². The summed E-state index contributed by atoms with van der Waals surface area (Å²) in [5.41, 5.74) is 3.72. The van der Waals surface area contributed by atoms with Gasteiger partial charge in [0.25, 0.3) is 0 Å². The van der Waals surface area contributed by atoms with E-state index < -0.39 is 5.97 Å². The SMILES string of the molecule is C.O=C(O)c1cc2c(s1)-c1ccccc1CC2. The van der Waals surface area contributed by atoms with Crippen molar-refractivity contribution in [1.29, 1.82) is 0 Å². The van der Waals surface area contributed by atoms with Gasteiger partial charge in [-0.05, 0) is 35.6 Å². The minimum Gasteiger partial charge on any atom is -0.477 e. The van der Waals surface area contributed by atoms with E-state index in [2.05, 4.69) is 12.1 Å². The number of benzene rings is 1.